The lowest BCUT2D eigenvalue weighted by Gasteiger charge is -2.25. The molecule has 50 heavy (non-hydrogen) atoms. The molecule has 0 aliphatic carbocycles. The highest BCUT2D eigenvalue weighted by molar-refractivity contribution is 7.47. The van der Waals surface area contributed by atoms with Gasteiger partial charge in [-0.25, -0.2) is 29.1 Å². The molecule has 268 valence electrons. The highest BCUT2D eigenvalue weighted by Gasteiger charge is 2.50. The number of aromatic nitrogens is 6. The minimum absolute atomic E-state index is 0.0252. The molecule has 4 aromatic rings. The quantitative estimate of drug-likeness (QED) is 0.110. The van der Waals surface area contributed by atoms with Gasteiger partial charge in [0.1, 0.15) is 36.1 Å². The smallest absolute Gasteiger partial charge is 0.455 e. The van der Waals surface area contributed by atoms with E-state index < -0.39 is 75.2 Å². The third-order valence-electron chi connectivity index (χ3n) is 8.45. The average molecular weight is 717 g/mol. The van der Waals surface area contributed by atoms with Crippen molar-refractivity contribution >= 4 is 36.6 Å². The number of hydrogen-bond acceptors (Lipinski definition) is 16. The number of rotatable bonds is 13. The van der Waals surface area contributed by atoms with Gasteiger partial charge >= 0.3 is 19.5 Å². The van der Waals surface area contributed by atoms with Crippen LogP contribution in [0.5, 0.6) is 0 Å². The van der Waals surface area contributed by atoms with Gasteiger partial charge in [0.05, 0.1) is 25.1 Å². The number of nitrogens with zero attached hydrogens (tertiary/aromatic N) is 6. The monoisotopic (exact) mass is 716 g/mol. The number of fused-ring (bicyclic) bond motifs is 1. The van der Waals surface area contributed by atoms with E-state index in [0.29, 0.717) is 6.42 Å². The van der Waals surface area contributed by atoms with Crippen LogP contribution in [0.25, 0.3) is 11.2 Å². The lowest BCUT2D eigenvalue weighted by molar-refractivity contribution is -0.168. The summed E-state index contributed by atoms with van der Waals surface area (Å²) in [6, 6.07) is 10.5. The van der Waals surface area contributed by atoms with E-state index in [-0.39, 0.29) is 35.6 Å². The molecular formula is C30H37N8O11P. The Morgan fingerprint density at radius 2 is 1.90 bits per heavy atom. The average Bonchev–Trinajstić information content (AvgIpc) is 3.79. The fraction of sp³-hybridized carbons (Fsp3) is 0.467. The van der Waals surface area contributed by atoms with Gasteiger partial charge in [0, 0.05) is 26.1 Å². The Hall–Kier alpha value is -4.33. The first-order valence-electron chi connectivity index (χ1n) is 15.7. The summed E-state index contributed by atoms with van der Waals surface area (Å²) >= 11 is 0. The molecule has 3 aromatic heterocycles. The van der Waals surface area contributed by atoms with Crippen molar-refractivity contribution in [1.29, 1.82) is 0 Å². The number of nitrogen functional groups attached to an aromatic ring is 2. The topological polar surface area (TPSA) is 261 Å². The Bertz CT molecular complexity index is 1910. The number of anilines is 2. The van der Waals surface area contributed by atoms with Gasteiger partial charge in [-0.1, -0.05) is 37.3 Å². The first-order chi connectivity index (χ1) is 24.0. The van der Waals surface area contributed by atoms with Crippen LogP contribution in [0.3, 0.4) is 0 Å². The van der Waals surface area contributed by atoms with Crippen LogP contribution in [0.1, 0.15) is 37.8 Å². The fourth-order valence-corrected chi connectivity index (χ4v) is 6.91. The van der Waals surface area contributed by atoms with E-state index in [1.807, 2.05) is 30.3 Å². The number of aliphatic hydroxyl groups excluding tert-OH is 1. The van der Waals surface area contributed by atoms with E-state index in [1.54, 1.807) is 6.92 Å². The molecule has 5 heterocycles. The molecule has 0 amide bonds. The van der Waals surface area contributed by atoms with Crippen molar-refractivity contribution in [3.05, 3.63) is 71.3 Å². The second-order valence-corrected chi connectivity index (χ2v) is 13.1. The lowest BCUT2D eigenvalue weighted by Crippen LogP contribution is -2.41. The number of phosphoric ester groups is 1. The minimum atomic E-state index is -4.85. The van der Waals surface area contributed by atoms with Gasteiger partial charge in [-0.3, -0.25) is 18.2 Å². The molecular weight excluding hydrogens is 679 g/mol. The molecule has 19 nitrogen and oxygen atoms in total. The van der Waals surface area contributed by atoms with E-state index >= 15 is 0 Å². The Morgan fingerprint density at radius 1 is 1.12 bits per heavy atom. The summed E-state index contributed by atoms with van der Waals surface area (Å²) in [6.07, 6.45) is -4.46. The summed E-state index contributed by atoms with van der Waals surface area (Å²) in [5, 5.41) is 11.5. The molecule has 2 saturated heterocycles. The van der Waals surface area contributed by atoms with Crippen LogP contribution >= 0.6 is 7.82 Å². The SMILES string of the molecule is CC[C@H]1O[C@@H](n2ccc(N)nc2=O)C[C@@H]1OP(=O)(O)OC[C@H]1O[C@@H](n2cnc3c(N)ncnc32)[C@H](O)[C@@H]1OC(=O)[C@H](Cc1ccccc1)OC. The third-order valence-corrected chi connectivity index (χ3v) is 9.46. The molecule has 1 unspecified atom stereocenters. The number of benzene rings is 1. The zero-order valence-electron chi connectivity index (χ0n) is 27.0. The summed E-state index contributed by atoms with van der Waals surface area (Å²) in [5.41, 5.74) is 12.1. The number of esters is 1. The molecule has 9 atom stereocenters. The molecule has 6 N–H and O–H groups in total. The van der Waals surface area contributed by atoms with Crippen molar-refractivity contribution in [2.24, 2.45) is 0 Å². The van der Waals surface area contributed by atoms with Gasteiger partial charge < -0.3 is 40.4 Å². The predicted molar refractivity (Wildman–Crippen MR) is 173 cm³/mol. The Kier molecular flexibility index (Phi) is 10.6. The summed E-state index contributed by atoms with van der Waals surface area (Å²) in [7, 11) is -3.50. The van der Waals surface area contributed by atoms with Crippen LogP contribution in [-0.4, -0.2) is 95.4 Å². The Morgan fingerprint density at radius 3 is 2.62 bits per heavy atom. The van der Waals surface area contributed by atoms with Crippen molar-refractivity contribution in [1.82, 2.24) is 29.1 Å². The zero-order valence-corrected chi connectivity index (χ0v) is 27.9. The normalized spacial score (nSPS) is 26.9. The lowest BCUT2D eigenvalue weighted by atomic mass is 10.1. The van der Waals surface area contributed by atoms with E-state index in [0.717, 1.165) is 5.56 Å². The van der Waals surface area contributed by atoms with Gasteiger partial charge in [-0.15, -0.1) is 0 Å². The maximum atomic E-state index is 13.4. The molecule has 2 aliphatic heterocycles. The molecule has 1 aromatic carbocycles. The van der Waals surface area contributed by atoms with Gasteiger partial charge in [-0.05, 0) is 18.1 Å². The molecule has 2 aliphatic rings. The summed E-state index contributed by atoms with van der Waals surface area (Å²) in [6.45, 7) is 1.13. The number of aliphatic hydroxyl groups is 1. The molecule has 20 heteroatoms. The third kappa shape index (κ3) is 7.54. The molecule has 0 saturated carbocycles. The van der Waals surface area contributed by atoms with Gasteiger partial charge in [-0.2, -0.15) is 4.98 Å². The number of hydrogen-bond donors (Lipinski definition) is 4. The van der Waals surface area contributed by atoms with Crippen LogP contribution < -0.4 is 17.2 Å². The van der Waals surface area contributed by atoms with E-state index in [2.05, 4.69) is 19.9 Å². The number of carbonyl (C=O) groups is 1. The molecule has 2 fully saturated rings. The molecule has 0 radical (unpaired) electrons. The minimum Gasteiger partial charge on any atom is -0.455 e. The maximum absolute atomic E-state index is 13.4. The summed E-state index contributed by atoms with van der Waals surface area (Å²) in [5.74, 6) is -0.685. The fourth-order valence-electron chi connectivity index (χ4n) is 5.95. The standard InChI is InChI=1S/C30H37N8O11P/c1-3-17-18(12-22(46-17)37-10-9-21(31)36-30(37)41)49-50(42,43)45-13-20-25(48-29(40)19(44-2)11-16-7-5-4-6-8-16)24(39)28(47-20)38-15-35-23-26(32)33-14-34-27(23)38/h4-10,14-15,17-20,22,24-25,28,39H,3,11-13H2,1-2H3,(H,42,43)(H2,31,36,41)(H2,32,33,34)/t17-,18+,19+,20-,22-,24-,25-,28-/m1/s1. The maximum Gasteiger partial charge on any atom is 0.472 e. The van der Waals surface area contributed by atoms with Gasteiger partial charge in [0.25, 0.3) is 0 Å². The number of methoxy groups -OCH3 is 1. The van der Waals surface area contributed by atoms with Gasteiger partial charge in [0.2, 0.25) is 0 Å². The van der Waals surface area contributed by atoms with Crippen LogP contribution in [-0.2, 0) is 43.8 Å². The highest BCUT2D eigenvalue weighted by atomic mass is 31.2. The second kappa shape index (κ2) is 14.9. The van der Waals surface area contributed by atoms with E-state index in [1.165, 1.54) is 41.2 Å². The van der Waals surface area contributed by atoms with Crippen LogP contribution in [0.4, 0.5) is 11.6 Å². The number of carbonyl (C=O) groups excluding carboxylic acids is 1. The first kappa shape index (κ1) is 35.5. The Balaban J connectivity index is 1.19. The van der Waals surface area contributed by atoms with Crippen LogP contribution in [0.15, 0.2) is 60.0 Å². The molecule has 0 bridgehead atoms. The number of imidazole rings is 1. The molecule has 0 spiro atoms. The van der Waals surface area contributed by atoms with Crippen LogP contribution in [0.2, 0.25) is 0 Å². The number of phosphoric acid groups is 1. The van der Waals surface area contributed by atoms with Crippen LogP contribution in [0, 0.1) is 0 Å². The summed E-state index contributed by atoms with van der Waals surface area (Å²) < 4.78 is 49.9. The highest BCUT2D eigenvalue weighted by Crippen LogP contribution is 2.49. The number of ether oxygens (including phenoxy) is 4. The first-order valence-corrected chi connectivity index (χ1v) is 17.2. The van der Waals surface area contributed by atoms with Crippen molar-refractivity contribution in [3.8, 4) is 0 Å². The van der Waals surface area contributed by atoms with Crippen molar-refractivity contribution in [3.63, 3.8) is 0 Å². The predicted octanol–water partition coefficient (Wildman–Crippen LogP) is 0.875. The summed E-state index contributed by atoms with van der Waals surface area (Å²) in [4.78, 5) is 52.6. The van der Waals surface area contributed by atoms with E-state index in [4.69, 9.17) is 39.5 Å². The van der Waals surface area contributed by atoms with Crippen molar-refractivity contribution < 1.29 is 47.4 Å². The second-order valence-electron chi connectivity index (χ2n) is 11.7. The van der Waals surface area contributed by atoms with Gasteiger partial charge in [0.15, 0.2) is 29.9 Å². The van der Waals surface area contributed by atoms with Crippen molar-refractivity contribution in [2.75, 3.05) is 25.2 Å². The zero-order chi connectivity index (χ0) is 35.6. The Labute approximate surface area is 284 Å². The van der Waals surface area contributed by atoms with Crippen molar-refractivity contribution in [2.45, 2.75) is 75.3 Å². The molecule has 6 rings (SSSR count). The van der Waals surface area contributed by atoms with E-state index in [9.17, 15) is 24.2 Å². The largest absolute Gasteiger partial charge is 0.472 e. The number of nitrogens with two attached hydrogens (primary N) is 2.